The van der Waals surface area contributed by atoms with Crippen LogP contribution in [0.4, 0.5) is 0 Å². The highest BCUT2D eigenvalue weighted by atomic mass is 35.5. The molecule has 166 valence electrons. The predicted molar refractivity (Wildman–Crippen MR) is 110 cm³/mol. The van der Waals surface area contributed by atoms with Crippen molar-refractivity contribution in [2.45, 2.75) is 6.04 Å². The number of benzene rings is 1. The molecule has 1 aliphatic rings. The second kappa shape index (κ2) is 10.1. The summed E-state index contributed by atoms with van der Waals surface area (Å²) in [6, 6.07) is 2.80. The Balaban J connectivity index is 0.00000101. The van der Waals surface area contributed by atoms with Gasteiger partial charge in [-0.15, -0.1) is 0 Å². The topological polar surface area (TPSA) is 131 Å². The monoisotopic (exact) mass is 461 g/mol. The Bertz CT molecular complexity index is 978. The number of carboxylic acid groups (broad SMARTS) is 1. The fourth-order valence-corrected chi connectivity index (χ4v) is 4.54. The van der Waals surface area contributed by atoms with Gasteiger partial charge in [0.25, 0.3) is 6.47 Å². The standard InChI is InChI=1S/C17H22ClN3O5S.CH2O2/c1-20(2)27(23,24)10-11-8-26-9-14(11)21-5-4-19-17(21)12-6-16(25-3)15(22)7-13(12)18;2-1-3/h4-7,11,14,22H,8-10H2,1-3H3;1H,(H,2,3)/t11-,14-;/m1./s1. The number of hydrogen-bond acceptors (Lipinski definition) is 7. The van der Waals surface area contributed by atoms with Crippen LogP contribution in [0.1, 0.15) is 6.04 Å². The Hall–Kier alpha value is -2.34. The van der Waals surface area contributed by atoms with E-state index in [0.717, 1.165) is 0 Å². The zero-order chi connectivity index (χ0) is 22.5. The minimum Gasteiger partial charge on any atom is -0.504 e. The number of methoxy groups -OCH3 is 1. The summed E-state index contributed by atoms with van der Waals surface area (Å²) in [7, 11) is 1.12. The second-order valence-electron chi connectivity index (χ2n) is 6.69. The van der Waals surface area contributed by atoms with Crippen LogP contribution in [-0.2, 0) is 19.6 Å². The summed E-state index contributed by atoms with van der Waals surface area (Å²) >= 11 is 6.31. The van der Waals surface area contributed by atoms with Gasteiger partial charge in [0.1, 0.15) is 5.82 Å². The molecule has 0 aliphatic carbocycles. The highest BCUT2D eigenvalue weighted by molar-refractivity contribution is 7.89. The average molecular weight is 462 g/mol. The van der Waals surface area contributed by atoms with Crippen molar-refractivity contribution in [2.24, 2.45) is 5.92 Å². The van der Waals surface area contributed by atoms with Gasteiger partial charge in [-0.3, -0.25) is 4.79 Å². The van der Waals surface area contributed by atoms with Crippen LogP contribution in [0.15, 0.2) is 24.5 Å². The molecule has 0 spiro atoms. The molecule has 3 rings (SSSR count). The molecule has 0 amide bonds. The summed E-state index contributed by atoms with van der Waals surface area (Å²) in [6.07, 6.45) is 3.40. The molecule has 2 aromatic rings. The number of sulfonamides is 1. The molecule has 0 bridgehead atoms. The van der Waals surface area contributed by atoms with Gasteiger partial charge in [-0.05, 0) is 6.07 Å². The lowest BCUT2D eigenvalue weighted by atomic mass is 10.1. The van der Waals surface area contributed by atoms with Gasteiger partial charge in [-0.25, -0.2) is 17.7 Å². The van der Waals surface area contributed by atoms with Crippen molar-refractivity contribution in [1.29, 1.82) is 0 Å². The first-order valence-electron chi connectivity index (χ1n) is 8.81. The molecule has 0 unspecified atom stereocenters. The van der Waals surface area contributed by atoms with Gasteiger partial charge in [0, 0.05) is 44.0 Å². The zero-order valence-electron chi connectivity index (χ0n) is 16.7. The van der Waals surface area contributed by atoms with Crippen molar-refractivity contribution < 1.29 is 32.9 Å². The molecule has 10 nitrogen and oxygen atoms in total. The number of carbonyl (C=O) groups is 1. The quantitative estimate of drug-likeness (QED) is 0.621. The molecule has 1 aromatic carbocycles. The summed E-state index contributed by atoms with van der Waals surface area (Å²) in [5.74, 6) is 0.528. The van der Waals surface area contributed by atoms with Crippen molar-refractivity contribution in [1.82, 2.24) is 13.9 Å². The highest BCUT2D eigenvalue weighted by Gasteiger charge is 2.35. The molecule has 2 heterocycles. The Morgan fingerprint density at radius 1 is 1.40 bits per heavy atom. The van der Waals surface area contributed by atoms with Crippen LogP contribution in [0.2, 0.25) is 5.02 Å². The van der Waals surface area contributed by atoms with E-state index in [1.54, 1.807) is 18.5 Å². The van der Waals surface area contributed by atoms with E-state index in [4.69, 9.17) is 31.0 Å². The molecular formula is C18H24ClN3O7S. The number of ether oxygens (including phenoxy) is 2. The third-order valence-electron chi connectivity index (χ3n) is 4.68. The molecule has 0 saturated carbocycles. The molecule has 30 heavy (non-hydrogen) atoms. The van der Waals surface area contributed by atoms with Crippen molar-refractivity contribution in [3.8, 4) is 22.9 Å². The van der Waals surface area contributed by atoms with E-state index < -0.39 is 10.0 Å². The maximum Gasteiger partial charge on any atom is 0.290 e. The Kier molecular flexibility index (Phi) is 8.07. The third kappa shape index (κ3) is 5.22. The second-order valence-corrected chi connectivity index (χ2v) is 9.33. The summed E-state index contributed by atoms with van der Waals surface area (Å²) < 4.78 is 38.5. The van der Waals surface area contributed by atoms with Gasteiger partial charge in [-0.1, -0.05) is 11.6 Å². The number of imidazole rings is 1. The fourth-order valence-electron chi connectivity index (χ4n) is 3.14. The van der Waals surface area contributed by atoms with Gasteiger partial charge in [0.15, 0.2) is 11.5 Å². The average Bonchev–Trinajstić information content (AvgIpc) is 3.31. The number of halogens is 1. The van der Waals surface area contributed by atoms with Gasteiger partial charge in [0.05, 0.1) is 37.1 Å². The van der Waals surface area contributed by atoms with E-state index in [1.807, 2.05) is 4.57 Å². The van der Waals surface area contributed by atoms with Crippen molar-refractivity contribution in [2.75, 3.05) is 40.2 Å². The zero-order valence-corrected chi connectivity index (χ0v) is 18.3. The maximum atomic E-state index is 12.3. The molecule has 1 saturated heterocycles. The number of rotatable bonds is 6. The third-order valence-corrected chi connectivity index (χ3v) is 6.96. The molecular weight excluding hydrogens is 438 g/mol. The molecule has 0 radical (unpaired) electrons. The first-order chi connectivity index (χ1) is 14.2. The van der Waals surface area contributed by atoms with Crippen molar-refractivity contribution >= 4 is 28.1 Å². The number of nitrogens with zero attached hydrogens (tertiary/aromatic N) is 3. The number of phenolic OH excluding ortho intramolecular Hbond substituents is 1. The summed E-state index contributed by atoms with van der Waals surface area (Å²) in [4.78, 5) is 12.7. The van der Waals surface area contributed by atoms with Crippen LogP contribution in [0.25, 0.3) is 11.4 Å². The summed E-state index contributed by atoms with van der Waals surface area (Å²) in [5.41, 5.74) is 0.581. The largest absolute Gasteiger partial charge is 0.504 e. The Morgan fingerprint density at radius 3 is 2.67 bits per heavy atom. The number of aromatic hydroxyl groups is 1. The van der Waals surface area contributed by atoms with Gasteiger partial charge in [-0.2, -0.15) is 0 Å². The van der Waals surface area contributed by atoms with Crippen LogP contribution in [0, 0.1) is 5.92 Å². The normalized spacial score (nSPS) is 18.7. The van der Waals surface area contributed by atoms with Gasteiger partial charge >= 0.3 is 0 Å². The van der Waals surface area contributed by atoms with Crippen molar-refractivity contribution in [3.63, 3.8) is 0 Å². The fraction of sp³-hybridized carbons (Fsp3) is 0.444. The minimum atomic E-state index is -3.37. The highest BCUT2D eigenvalue weighted by Crippen LogP contribution is 2.39. The first-order valence-corrected chi connectivity index (χ1v) is 10.8. The van der Waals surface area contributed by atoms with Crippen molar-refractivity contribution in [3.05, 3.63) is 29.5 Å². The lowest BCUT2D eigenvalue weighted by molar-refractivity contribution is -0.122. The van der Waals surface area contributed by atoms with Crippen LogP contribution < -0.4 is 4.74 Å². The van der Waals surface area contributed by atoms with Crippen LogP contribution >= 0.6 is 11.6 Å². The van der Waals surface area contributed by atoms with E-state index in [9.17, 15) is 13.5 Å². The molecule has 1 aliphatic heterocycles. The lowest BCUT2D eigenvalue weighted by Crippen LogP contribution is -2.32. The molecule has 1 aromatic heterocycles. The molecule has 2 atom stereocenters. The first kappa shape index (κ1) is 23.9. The maximum absolute atomic E-state index is 12.3. The van der Waals surface area contributed by atoms with Crippen LogP contribution in [0.5, 0.6) is 11.5 Å². The van der Waals surface area contributed by atoms with Gasteiger partial charge in [0.2, 0.25) is 10.0 Å². The molecule has 12 heteroatoms. The van der Waals surface area contributed by atoms with E-state index in [2.05, 4.69) is 4.98 Å². The molecule has 2 N–H and O–H groups in total. The van der Waals surface area contributed by atoms with Crippen LogP contribution in [0.3, 0.4) is 0 Å². The SMILES string of the molecule is COc1cc(-c2nccn2[C@@H]2COC[C@@H]2CS(=O)(=O)N(C)C)c(Cl)cc1O.O=CO. The number of phenols is 1. The van der Waals surface area contributed by atoms with E-state index in [-0.39, 0.29) is 35.7 Å². The Morgan fingerprint density at radius 2 is 2.07 bits per heavy atom. The van der Waals surface area contributed by atoms with Gasteiger partial charge < -0.3 is 24.3 Å². The molecule has 1 fully saturated rings. The smallest absolute Gasteiger partial charge is 0.290 e. The summed E-state index contributed by atoms with van der Waals surface area (Å²) in [6.45, 7) is 0.478. The van der Waals surface area contributed by atoms with E-state index in [0.29, 0.717) is 29.6 Å². The van der Waals surface area contributed by atoms with Crippen LogP contribution in [-0.4, -0.2) is 79.1 Å². The Labute approximate surface area is 179 Å². The summed E-state index contributed by atoms with van der Waals surface area (Å²) in [5, 5.41) is 17.1. The minimum absolute atomic E-state index is 0.0189. The van der Waals surface area contributed by atoms with E-state index in [1.165, 1.54) is 31.6 Å². The number of aromatic nitrogens is 2. The van der Waals surface area contributed by atoms with E-state index >= 15 is 0 Å². The number of hydrogen-bond donors (Lipinski definition) is 2. The lowest BCUT2D eigenvalue weighted by Gasteiger charge is -2.23. The predicted octanol–water partition coefficient (Wildman–Crippen LogP) is 1.70.